The Labute approximate surface area is 130 Å². The van der Waals surface area contributed by atoms with Crippen molar-refractivity contribution in [3.05, 3.63) is 29.6 Å². The van der Waals surface area contributed by atoms with Gasteiger partial charge in [0.05, 0.1) is 17.6 Å². The molecule has 1 N–H and O–H groups in total. The Morgan fingerprint density at radius 2 is 2.17 bits per heavy atom. The summed E-state index contributed by atoms with van der Waals surface area (Å²) in [6, 6.07) is 1.90. The van der Waals surface area contributed by atoms with Crippen LogP contribution in [-0.4, -0.2) is 58.9 Å². The third-order valence-corrected chi connectivity index (χ3v) is 4.30. The van der Waals surface area contributed by atoms with Crippen LogP contribution in [0.25, 0.3) is 0 Å². The maximum absolute atomic E-state index is 13.0. The van der Waals surface area contributed by atoms with Crippen LogP contribution in [0, 0.1) is 0 Å². The molecule has 23 heavy (non-hydrogen) atoms. The number of nitrogens with one attached hydrogen (secondary N) is 1. The Bertz CT molecular complexity index is 649. The molecule has 0 aliphatic carbocycles. The number of carbonyl (C=O) groups excluding carboxylic acids is 2. The molecule has 3 rings (SSSR count). The molecule has 0 radical (unpaired) electrons. The Morgan fingerprint density at radius 3 is 2.87 bits per heavy atom. The van der Waals surface area contributed by atoms with Crippen molar-refractivity contribution in [2.24, 2.45) is 0 Å². The Morgan fingerprint density at radius 1 is 1.43 bits per heavy atom. The van der Waals surface area contributed by atoms with Crippen LogP contribution in [0.5, 0.6) is 0 Å². The predicted molar refractivity (Wildman–Crippen MR) is 73.6 cm³/mol. The number of likely N-dealkylation sites (tertiary alicyclic amines) is 1. The summed E-state index contributed by atoms with van der Waals surface area (Å²) in [5.74, 6) is -0.715. The van der Waals surface area contributed by atoms with Crippen LogP contribution in [0.1, 0.15) is 22.5 Å². The third kappa shape index (κ3) is 2.71. The molecule has 3 heterocycles. The van der Waals surface area contributed by atoms with E-state index in [-0.39, 0.29) is 24.7 Å². The van der Waals surface area contributed by atoms with E-state index in [1.807, 2.05) is 0 Å². The molecule has 9 heteroatoms. The number of alkyl halides is 3. The van der Waals surface area contributed by atoms with Crippen LogP contribution < -0.4 is 5.32 Å². The highest BCUT2D eigenvalue weighted by Crippen LogP contribution is 2.31. The highest BCUT2D eigenvalue weighted by molar-refractivity contribution is 5.95. The normalized spacial score (nSPS) is 24.4. The summed E-state index contributed by atoms with van der Waals surface area (Å²) in [5.41, 5.74) is -1.64. The number of pyridine rings is 1. The fraction of sp³-hybridized carbons (Fsp3) is 0.500. The number of fused-ring (bicyclic) bond motifs is 1. The van der Waals surface area contributed by atoms with Gasteiger partial charge in [-0.3, -0.25) is 9.78 Å². The molecule has 1 aromatic heterocycles. The third-order valence-electron chi connectivity index (χ3n) is 4.30. The lowest BCUT2D eigenvalue weighted by atomic mass is 9.99. The largest absolute Gasteiger partial charge is 0.434 e. The summed E-state index contributed by atoms with van der Waals surface area (Å²) in [5, 5.41) is 2.74. The molecule has 2 atom stereocenters. The van der Waals surface area contributed by atoms with Gasteiger partial charge in [0.1, 0.15) is 0 Å². The second-order valence-electron chi connectivity index (χ2n) is 5.67. The van der Waals surface area contributed by atoms with Gasteiger partial charge in [-0.25, -0.2) is 4.79 Å². The Balaban J connectivity index is 1.82. The summed E-state index contributed by atoms with van der Waals surface area (Å²) in [6.45, 7) is 0.483. The standard InChI is InChI=1S/C14H15F3N4O2/c1-20-10-4-6-21(7-9(10)19-13(20)23)12(22)8-3-2-5-18-11(8)14(15,16)17/h2-3,5,9-10H,4,6-7H2,1H3,(H,19,23)/t9-,10+/m1/s1. The van der Waals surface area contributed by atoms with E-state index < -0.39 is 23.3 Å². The van der Waals surface area contributed by atoms with E-state index in [9.17, 15) is 22.8 Å². The van der Waals surface area contributed by atoms with Crippen LogP contribution in [0.4, 0.5) is 18.0 Å². The maximum Gasteiger partial charge on any atom is 0.434 e. The lowest BCUT2D eigenvalue weighted by Crippen LogP contribution is -2.52. The lowest BCUT2D eigenvalue weighted by Gasteiger charge is -2.36. The summed E-state index contributed by atoms with van der Waals surface area (Å²) < 4.78 is 39.0. The summed E-state index contributed by atoms with van der Waals surface area (Å²) >= 11 is 0. The average Bonchev–Trinajstić information content (AvgIpc) is 2.80. The predicted octanol–water partition coefficient (Wildman–Crippen LogP) is 1.34. The topological polar surface area (TPSA) is 65.5 Å². The van der Waals surface area contributed by atoms with Crippen LogP contribution in [0.2, 0.25) is 0 Å². The number of amides is 3. The first kappa shape index (κ1) is 15.6. The van der Waals surface area contributed by atoms with E-state index in [0.29, 0.717) is 13.0 Å². The zero-order chi connectivity index (χ0) is 16.8. The molecule has 2 fully saturated rings. The molecule has 2 saturated heterocycles. The summed E-state index contributed by atoms with van der Waals surface area (Å²) in [7, 11) is 1.67. The first-order chi connectivity index (χ1) is 10.8. The molecule has 0 unspecified atom stereocenters. The van der Waals surface area contributed by atoms with Crippen molar-refractivity contribution < 1.29 is 22.8 Å². The quantitative estimate of drug-likeness (QED) is 0.846. The fourth-order valence-electron chi connectivity index (χ4n) is 3.11. The molecule has 1 aromatic rings. The molecular formula is C14H15F3N4O2. The molecule has 3 amide bonds. The van der Waals surface area contributed by atoms with Gasteiger partial charge >= 0.3 is 12.2 Å². The number of nitrogens with zero attached hydrogens (tertiary/aromatic N) is 3. The minimum absolute atomic E-state index is 0.0393. The molecular weight excluding hydrogens is 313 g/mol. The van der Waals surface area contributed by atoms with Gasteiger partial charge in [-0.15, -0.1) is 0 Å². The van der Waals surface area contributed by atoms with Gasteiger partial charge in [0.25, 0.3) is 5.91 Å². The van der Waals surface area contributed by atoms with Crippen molar-refractivity contribution in [3.63, 3.8) is 0 Å². The van der Waals surface area contributed by atoms with Crippen molar-refractivity contribution in [3.8, 4) is 0 Å². The number of aromatic nitrogens is 1. The van der Waals surface area contributed by atoms with Crippen LogP contribution in [0.3, 0.4) is 0 Å². The molecule has 124 valence electrons. The number of carbonyl (C=O) groups is 2. The fourth-order valence-corrected chi connectivity index (χ4v) is 3.11. The van der Waals surface area contributed by atoms with Gasteiger partial charge in [0.15, 0.2) is 5.69 Å². The smallest absolute Gasteiger partial charge is 0.336 e. The number of rotatable bonds is 1. The van der Waals surface area contributed by atoms with Crippen LogP contribution in [0.15, 0.2) is 18.3 Å². The number of hydrogen-bond acceptors (Lipinski definition) is 3. The van der Waals surface area contributed by atoms with E-state index in [4.69, 9.17) is 0 Å². The van der Waals surface area contributed by atoms with E-state index in [0.717, 1.165) is 12.3 Å². The van der Waals surface area contributed by atoms with Crippen LogP contribution in [-0.2, 0) is 6.18 Å². The highest BCUT2D eigenvalue weighted by atomic mass is 19.4. The second kappa shape index (κ2) is 5.39. The van der Waals surface area contributed by atoms with Gasteiger partial charge in [-0.2, -0.15) is 13.2 Å². The van der Waals surface area contributed by atoms with Crippen LogP contribution >= 0.6 is 0 Å². The highest BCUT2D eigenvalue weighted by Gasteiger charge is 2.43. The van der Waals surface area contributed by atoms with Crippen molar-refractivity contribution in [2.45, 2.75) is 24.7 Å². The molecule has 2 aliphatic heterocycles. The zero-order valence-electron chi connectivity index (χ0n) is 12.3. The number of likely N-dealkylation sites (N-methyl/N-ethyl adjacent to an activating group) is 1. The lowest BCUT2D eigenvalue weighted by molar-refractivity contribution is -0.141. The Hall–Kier alpha value is -2.32. The number of hydrogen-bond donors (Lipinski definition) is 1. The van der Waals surface area contributed by atoms with Gasteiger partial charge in [-0.1, -0.05) is 0 Å². The van der Waals surface area contributed by atoms with Gasteiger partial charge < -0.3 is 15.1 Å². The van der Waals surface area contributed by atoms with Gasteiger partial charge in [0, 0.05) is 26.3 Å². The molecule has 6 nitrogen and oxygen atoms in total. The van der Waals surface area contributed by atoms with Crippen molar-refractivity contribution >= 4 is 11.9 Å². The van der Waals surface area contributed by atoms with Gasteiger partial charge in [-0.05, 0) is 18.6 Å². The summed E-state index contributed by atoms with van der Waals surface area (Å²) in [6.07, 6.45) is -3.16. The minimum atomic E-state index is -4.69. The van der Waals surface area contributed by atoms with E-state index in [2.05, 4.69) is 10.3 Å². The minimum Gasteiger partial charge on any atom is -0.336 e. The van der Waals surface area contributed by atoms with E-state index in [1.54, 1.807) is 11.9 Å². The number of piperidine rings is 1. The molecule has 0 bridgehead atoms. The SMILES string of the molecule is CN1C(=O)N[C@@H]2CN(C(=O)c3cccnc3C(F)(F)F)CC[C@@H]21. The number of urea groups is 1. The van der Waals surface area contributed by atoms with Crippen molar-refractivity contribution in [1.82, 2.24) is 20.1 Å². The zero-order valence-corrected chi connectivity index (χ0v) is 12.3. The average molecular weight is 328 g/mol. The monoisotopic (exact) mass is 328 g/mol. The molecule has 0 aromatic carbocycles. The molecule has 0 saturated carbocycles. The number of halogens is 3. The Kier molecular flexibility index (Phi) is 3.65. The first-order valence-electron chi connectivity index (χ1n) is 7.14. The van der Waals surface area contributed by atoms with Crippen molar-refractivity contribution in [2.75, 3.05) is 20.1 Å². The maximum atomic E-state index is 13.0. The first-order valence-corrected chi connectivity index (χ1v) is 7.14. The summed E-state index contributed by atoms with van der Waals surface area (Å²) in [4.78, 5) is 30.3. The van der Waals surface area contributed by atoms with E-state index in [1.165, 1.54) is 11.0 Å². The molecule has 2 aliphatic rings. The van der Waals surface area contributed by atoms with E-state index >= 15 is 0 Å². The second-order valence-corrected chi connectivity index (χ2v) is 5.67. The molecule has 0 spiro atoms. The van der Waals surface area contributed by atoms with Crippen molar-refractivity contribution in [1.29, 1.82) is 0 Å². The van der Waals surface area contributed by atoms with Gasteiger partial charge in [0.2, 0.25) is 0 Å².